The number of hydrogen-bond donors (Lipinski definition) is 1. The molecule has 0 aliphatic rings. The quantitative estimate of drug-likeness (QED) is 0.396. The van der Waals surface area contributed by atoms with E-state index in [0.717, 1.165) is 0 Å². The fraction of sp³-hybridized carbons (Fsp3) is 0.125. The van der Waals surface area contributed by atoms with Crippen LogP contribution in [0.1, 0.15) is 5.69 Å². The highest BCUT2D eigenvalue weighted by atomic mass is 35.5. The first-order valence-corrected chi connectivity index (χ1v) is 4.05. The van der Waals surface area contributed by atoms with Crippen LogP contribution in [0.15, 0.2) is 12.1 Å². The van der Waals surface area contributed by atoms with Crippen LogP contribution in [-0.4, -0.2) is 16.0 Å². The average molecular weight is 202 g/mol. The van der Waals surface area contributed by atoms with E-state index in [1.807, 2.05) is 0 Å². The van der Waals surface area contributed by atoms with Gasteiger partial charge in [-0.05, 0) is 18.1 Å². The Bertz CT molecular complexity index is 341. The van der Waals surface area contributed by atoms with Crippen molar-refractivity contribution in [1.29, 1.82) is 0 Å². The summed E-state index contributed by atoms with van der Waals surface area (Å²) in [5.41, 5.74) is 0.253. The lowest BCUT2D eigenvalue weighted by molar-refractivity contribution is 0.471. The second-order valence-corrected chi connectivity index (χ2v) is 2.59. The molecule has 0 aliphatic heterocycles. The molecule has 1 aromatic heterocycles. The van der Waals surface area contributed by atoms with Gasteiger partial charge in [0.05, 0.1) is 5.88 Å². The highest BCUT2D eigenvalue weighted by molar-refractivity contribution is 6.29. The lowest BCUT2D eigenvalue weighted by atomic mass is 10.3. The predicted molar refractivity (Wildman–Crippen MR) is 48.5 cm³/mol. The van der Waals surface area contributed by atoms with Crippen LogP contribution in [0.2, 0.25) is 5.15 Å². The van der Waals surface area contributed by atoms with E-state index in [1.165, 1.54) is 12.1 Å². The van der Waals surface area contributed by atoms with Crippen molar-refractivity contribution >= 4 is 23.2 Å². The van der Waals surface area contributed by atoms with Gasteiger partial charge in [-0.15, -0.1) is 11.6 Å². The van der Waals surface area contributed by atoms with Crippen LogP contribution in [0.5, 0.6) is 5.75 Å². The molecule has 0 saturated carbocycles. The van der Waals surface area contributed by atoms with Gasteiger partial charge in [0.2, 0.25) is 0 Å². The number of aromatic hydroxyl groups is 1. The van der Waals surface area contributed by atoms with Gasteiger partial charge < -0.3 is 5.11 Å². The second-order valence-electron chi connectivity index (χ2n) is 1.94. The molecule has 0 atom stereocenters. The van der Waals surface area contributed by atoms with Gasteiger partial charge in [0.15, 0.2) is 5.69 Å². The van der Waals surface area contributed by atoms with Crippen molar-refractivity contribution in [3.8, 4) is 17.6 Å². The van der Waals surface area contributed by atoms with Crippen LogP contribution in [0.3, 0.4) is 0 Å². The maximum Gasteiger partial charge on any atom is 0.156 e. The third kappa shape index (κ3) is 2.30. The first-order chi connectivity index (χ1) is 5.74. The number of halogens is 2. The third-order valence-corrected chi connectivity index (χ3v) is 1.46. The topological polar surface area (TPSA) is 33.1 Å². The molecule has 1 N–H and O–H groups in total. The monoisotopic (exact) mass is 201 g/mol. The molecule has 62 valence electrons. The molecule has 12 heavy (non-hydrogen) atoms. The minimum Gasteiger partial charge on any atom is -0.505 e. The molecule has 1 rings (SSSR count). The van der Waals surface area contributed by atoms with Gasteiger partial charge in [-0.25, -0.2) is 4.98 Å². The number of aromatic nitrogens is 1. The van der Waals surface area contributed by atoms with Crippen LogP contribution >= 0.6 is 23.2 Å². The summed E-state index contributed by atoms with van der Waals surface area (Å²) in [7, 11) is 0. The standard InChI is InChI=1S/C8H5Cl2NO/c9-5-1-2-6-7(12)3-4-8(10)11-6/h3-4,12H,5H2. The largest absolute Gasteiger partial charge is 0.505 e. The molecular weight excluding hydrogens is 197 g/mol. The summed E-state index contributed by atoms with van der Waals surface area (Å²) < 4.78 is 0. The highest BCUT2D eigenvalue weighted by Crippen LogP contribution is 2.15. The zero-order valence-corrected chi connectivity index (χ0v) is 7.52. The fourth-order valence-electron chi connectivity index (χ4n) is 0.637. The van der Waals surface area contributed by atoms with Crippen LogP contribution in [0.4, 0.5) is 0 Å². The minimum absolute atomic E-state index is 0.0111. The Morgan fingerprint density at radius 2 is 2.25 bits per heavy atom. The molecule has 1 heterocycles. The lowest BCUT2D eigenvalue weighted by Gasteiger charge is -1.94. The molecule has 0 amide bonds. The first-order valence-electron chi connectivity index (χ1n) is 3.14. The van der Waals surface area contributed by atoms with E-state index in [2.05, 4.69) is 16.8 Å². The predicted octanol–water partition coefficient (Wildman–Crippen LogP) is 2.03. The molecule has 0 unspecified atom stereocenters. The zero-order chi connectivity index (χ0) is 8.97. The van der Waals surface area contributed by atoms with Crippen molar-refractivity contribution in [2.75, 3.05) is 5.88 Å². The van der Waals surface area contributed by atoms with Crippen molar-refractivity contribution < 1.29 is 5.11 Å². The molecule has 2 nitrogen and oxygen atoms in total. The van der Waals surface area contributed by atoms with Crippen LogP contribution in [0.25, 0.3) is 0 Å². The van der Waals surface area contributed by atoms with Crippen molar-refractivity contribution in [3.63, 3.8) is 0 Å². The molecule has 0 bridgehead atoms. The summed E-state index contributed by atoms with van der Waals surface area (Å²) in [6.45, 7) is 0. The average Bonchev–Trinajstić information content (AvgIpc) is 2.07. The fourth-order valence-corrected chi connectivity index (χ4v) is 0.851. The van der Waals surface area contributed by atoms with Gasteiger partial charge in [0.1, 0.15) is 10.9 Å². The summed E-state index contributed by atoms with van der Waals surface area (Å²) in [5, 5.41) is 9.49. The molecule has 0 aromatic carbocycles. The summed E-state index contributed by atoms with van der Waals surface area (Å²) in [6.07, 6.45) is 0. The van der Waals surface area contributed by atoms with Crippen molar-refractivity contribution in [1.82, 2.24) is 4.98 Å². The Hall–Kier alpha value is -0.910. The van der Waals surface area contributed by atoms with Crippen LogP contribution in [0, 0.1) is 11.8 Å². The number of alkyl halides is 1. The van der Waals surface area contributed by atoms with Gasteiger partial charge in [-0.1, -0.05) is 17.5 Å². The molecule has 0 spiro atoms. The number of nitrogens with zero attached hydrogens (tertiary/aromatic N) is 1. The lowest BCUT2D eigenvalue weighted by Crippen LogP contribution is -1.83. The van der Waals surface area contributed by atoms with Gasteiger partial charge in [-0.3, -0.25) is 0 Å². The van der Waals surface area contributed by atoms with E-state index >= 15 is 0 Å². The minimum atomic E-state index is 0.0111. The molecule has 0 saturated heterocycles. The highest BCUT2D eigenvalue weighted by Gasteiger charge is 1.98. The maximum atomic E-state index is 9.19. The van der Waals surface area contributed by atoms with E-state index in [9.17, 15) is 5.11 Å². The number of pyridine rings is 1. The third-order valence-electron chi connectivity index (χ3n) is 1.11. The zero-order valence-electron chi connectivity index (χ0n) is 6.01. The normalized spacial score (nSPS) is 8.83. The Balaban J connectivity index is 3.05. The van der Waals surface area contributed by atoms with Crippen LogP contribution in [-0.2, 0) is 0 Å². The van der Waals surface area contributed by atoms with Crippen molar-refractivity contribution in [3.05, 3.63) is 23.0 Å². The molecule has 0 radical (unpaired) electrons. The Morgan fingerprint density at radius 3 is 2.92 bits per heavy atom. The molecule has 4 heteroatoms. The summed E-state index contributed by atoms with van der Waals surface area (Å²) in [5.74, 6) is 5.36. The van der Waals surface area contributed by atoms with Crippen molar-refractivity contribution in [2.24, 2.45) is 0 Å². The van der Waals surface area contributed by atoms with Crippen LogP contribution < -0.4 is 0 Å². The molecular formula is C8H5Cl2NO. The second kappa shape index (κ2) is 4.20. The van der Waals surface area contributed by atoms with E-state index in [1.54, 1.807) is 0 Å². The summed E-state index contributed by atoms with van der Waals surface area (Å²) in [4.78, 5) is 3.79. The van der Waals surface area contributed by atoms with E-state index in [4.69, 9.17) is 23.2 Å². The SMILES string of the molecule is Oc1ccc(Cl)nc1C#CCCl. The Kier molecular flexibility index (Phi) is 3.21. The van der Waals surface area contributed by atoms with E-state index in [-0.39, 0.29) is 17.3 Å². The maximum absolute atomic E-state index is 9.19. The molecule has 0 fully saturated rings. The number of hydrogen-bond acceptors (Lipinski definition) is 2. The van der Waals surface area contributed by atoms with Gasteiger partial charge in [0, 0.05) is 0 Å². The Labute approximate surface area is 80.1 Å². The summed E-state index contributed by atoms with van der Waals surface area (Å²) in [6, 6.07) is 2.93. The molecule has 1 aromatic rings. The van der Waals surface area contributed by atoms with Gasteiger partial charge >= 0.3 is 0 Å². The van der Waals surface area contributed by atoms with E-state index < -0.39 is 0 Å². The van der Waals surface area contributed by atoms with Gasteiger partial charge in [-0.2, -0.15) is 0 Å². The van der Waals surface area contributed by atoms with Gasteiger partial charge in [0.25, 0.3) is 0 Å². The summed E-state index contributed by atoms with van der Waals surface area (Å²) >= 11 is 10.9. The number of rotatable bonds is 0. The Morgan fingerprint density at radius 1 is 1.50 bits per heavy atom. The van der Waals surface area contributed by atoms with Crippen molar-refractivity contribution in [2.45, 2.75) is 0 Å². The first kappa shape index (κ1) is 9.18. The molecule has 0 aliphatic carbocycles. The van der Waals surface area contributed by atoms with E-state index in [0.29, 0.717) is 5.15 Å². The smallest absolute Gasteiger partial charge is 0.156 e.